The van der Waals surface area contributed by atoms with Crippen molar-refractivity contribution in [3.05, 3.63) is 0 Å². The average molecular weight is 287 g/mol. The Morgan fingerprint density at radius 3 is 2.15 bits per heavy atom. The number of nitrogens with two attached hydrogens (primary N) is 1. The van der Waals surface area contributed by atoms with Gasteiger partial charge < -0.3 is 19.9 Å². The molecule has 0 spiro atoms. The summed E-state index contributed by atoms with van der Waals surface area (Å²) in [6.07, 6.45) is 4.57. The molecule has 1 aliphatic rings. The van der Waals surface area contributed by atoms with Gasteiger partial charge in [0.25, 0.3) is 0 Å². The lowest BCUT2D eigenvalue weighted by molar-refractivity contribution is -0.0965. The van der Waals surface area contributed by atoms with Gasteiger partial charge in [0.15, 0.2) is 0 Å². The van der Waals surface area contributed by atoms with Crippen LogP contribution < -0.4 is 5.73 Å². The fourth-order valence-corrected chi connectivity index (χ4v) is 2.98. The molecule has 0 aliphatic heterocycles. The quantitative estimate of drug-likeness (QED) is 0.697. The Morgan fingerprint density at radius 1 is 1.05 bits per heavy atom. The molecule has 1 aliphatic carbocycles. The largest absolute Gasteiger partial charge is 0.382 e. The summed E-state index contributed by atoms with van der Waals surface area (Å²) < 4.78 is 16.4. The van der Waals surface area contributed by atoms with Gasteiger partial charge in [-0.3, -0.25) is 0 Å². The first kappa shape index (κ1) is 17.9. The highest BCUT2D eigenvalue weighted by Gasteiger charge is 2.38. The van der Waals surface area contributed by atoms with Crippen LogP contribution in [0.2, 0.25) is 0 Å². The summed E-state index contributed by atoms with van der Waals surface area (Å²) in [5, 5.41) is 0. The predicted octanol–water partition coefficient (Wildman–Crippen LogP) is 2.60. The minimum atomic E-state index is -0.119. The monoisotopic (exact) mass is 287 g/mol. The van der Waals surface area contributed by atoms with Crippen molar-refractivity contribution in [1.29, 1.82) is 0 Å². The van der Waals surface area contributed by atoms with Crippen LogP contribution >= 0.6 is 0 Å². The summed E-state index contributed by atoms with van der Waals surface area (Å²) in [6.45, 7) is 10.1. The summed E-state index contributed by atoms with van der Waals surface area (Å²) in [4.78, 5) is 0. The van der Waals surface area contributed by atoms with E-state index in [4.69, 9.17) is 19.9 Å². The molecule has 4 heteroatoms. The van der Waals surface area contributed by atoms with Crippen LogP contribution in [0, 0.1) is 11.3 Å². The maximum atomic E-state index is 6.07. The topological polar surface area (TPSA) is 53.7 Å². The summed E-state index contributed by atoms with van der Waals surface area (Å²) in [6, 6.07) is 0. The molecule has 0 aromatic carbocycles. The Morgan fingerprint density at radius 2 is 1.65 bits per heavy atom. The van der Waals surface area contributed by atoms with Crippen molar-refractivity contribution in [3.63, 3.8) is 0 Å². The third-order valence-electron chi connectivity index (χ3n) is 4.56. The van der Waals surface area contributed by atoms with E-state index >= 15 is 0 Å². The standard InChI is InChI=1S/C16H33NO3/c1-15(2,3)14-5-7-16(13-17,8-6-14)20-12-11-19-10-9-18-4/h14H,5-13,17H2,1-4H3. The Hall–Kier alpha value is -0.160. The molecule has 0 atom stereocenters. The van der Waals surface area contributed by atoms with Crippen LogP contribution in [0.1, 0.15) is 46.5 Å². The van der Waals surface area contributed by atoms with Gasteiger partial charge >= 0.3 is 0 Å². The van der Waals surface area contributed by atoms with E-state index in [2.05, 4.69) is 20.8 Å². The lowest BCUT2D eigenvalue weighted by Gasteiger charge is -2.43. The molecule has 0 bridgehead atoms. The predicted molar refractivity (Wildman–Crippen MR) is 81.8 cm³/mol. The van der Waals surface area contributed by atoms with Crippen molar-refractivity contribution >= 4 is 0 Å². The Kier molecular flexibility index (Phi) is 7.45. The van der Waals surface area contributed by atoms with Crippen molar-refractivity contribution in [1.82, 2.24) is 0 Å². The molecule has 2 N–H and O–H groups in total. The average Bonchev–Trinajstić information content (AvgIpc) is 2.42. The molecule has 1 rings (SSSR count). The number of hydrogen-bond acceptors (Lipinski definition) is 4. The molecule has 1 saturated carbocycles. The number of methoxy groups -OCH3 is 1. The van der Waals surface area contributed by atoms with E-state index in [9.17, 15) is 0 Å². The van der Waals surface area contributed by atoms with E-state index in [1.54, 1.807) is 7.11 Å². The molecule has 0 aromatic rings. The van der Waals surface area contributed by atoms with Crippen LogP contribution in [0.15, 0.2) is 0 Å². The first-order chi connectivity index (χ1) is 9.43. The van der Waals surface area contributed by atoms with Crippen molar-refractivity contribution in [2.75, 3.05) is 40.1 Å². The van der Waals surface area contributed by atoms with Crippen molar-refractivity contribution in [3.8, 4) is 0 Å². The van der Waals surface area contributed by atoms with Gasteiger partial charge in [0.05, 0.1) is 32.0 Å². The molecule has 0 amide bonds. The Labute approximate surface area is 124 Å². The van der Waals surface area contributed by atoms with E-state index in [1.807, 2.05) is 0 Å². The molecular formula is C16H33NO3. The normalized spacial score (nSPS) is 27.8. The summed E-state index contributed by atoms with van der Waals surface area (Å²) in [5.41, 5.74) is 6.24. The second kappa shape index (κ2) is 8.32. The van der Waals surface area contributed by atoms with Crippen molar-refractivity contribution in [2.45, 2.75) is 52.1 Å². The minimum Gasteiger partial charge on any atom is -0.382 e. The number of ether oxygens (including phenoxy) is 3. The highest BCUT2D eigenvalue weighted by atomic mass is 16.5. The van der Waals surface area contributed by atoms with Crippen LogP contribution in [-0.2, 0) is 14.2 Å². The third kappa shape index (κ3) is 5.68. The molecule has 4 nitrogen and oxygen atoms in total. The Bertz CT molecular complexity index is 255. The van der Waals surface area contributed by atoms with Gasteiger partial charge in [0.2, 0.25) is 0 Å². The van der Waals surface area contributed by atoms with Crippen LogP contribution in [0.25, 0.3) is 0 Å². The summed E-state index contributed by atoms with van der Waals surface area (Å²) >= 11 is 0. The smallest absolute Gasteiger partial charge is 0.0805 e. The first-order valence-electron chi connectivity index (χ1n) is 7.84. The minimum absolute atomic E-state index is 0.119. The third-order valence-corrected chi connectivity index (χ3v) is 4.56. The maximum absolute atomic E-state index is 6.07. The van der Waals surface area contributed by atoms with Crippen LogP contribution in [-0.4, -0.2) is 45.7 Å². The van der Waals surface area contributed by atoms with E-state index < -0.39 is 0 Å². The summed E-state index contributed by atoms with van der Waals surface area (Å²) in [5.74, 6) is 0.781. The van der Waals surface area contributed by atoms with Crippen LogP contribution in [0.4, 0.5) is 0 Å². The first-order valence-corrected chi connectivity index (χ1v) is 7.84. The molecular weight excluding hydrogens is 254 g/mol. The fourth-order valence-electron chi connectivity index (χ4n) is 2.98. The zero-order chi connectivity index (χ0) is 15.1. The number of rotatable bonds is 8. The fraction of sp³-hybridized carbons (Fsp3) is 1.00. The SMILES string of the molecule is COCCOCCOC1(CN)CCC(C(C)(C)C)CC1. The van der Waals surface area contributed by atoms with Gasteiger partial charge in [-0.1, -0.05) is 20.8 Å². The van der Waals surface area contributed by atoms with Crippen molar-refractivity contribution < 1.29 is 14.2 Å². The van der Waals surface area contributed by atoms with E-state index in [0.29, 0.717) is 38.4 Å². The van der Waals surface area contributed by atoms with Gasteiger partial charge in [-0.25, -0.2) is 0 Å². The molecule has 0 unspecified atom stereocenters. The lowest BCUT2D eigenvalue weighted by Crippen LogP contribution is -2.46. The summed E-state index contributed by atoms with van der Waals surface area (Å²) in [7, 11) is 1.68. The molecule has 120 valence electrons. The van der Waals surface area contributed by atoms with E-state index in [0.717, 1.165) is 18.8 Å². The molecule has 20 heavy (non-hydrogen) atoms. The van der Waals surface area contributed by atoms with Gasteiger partial charge in [0.1, 0.15) is 0 Å². The van der Waals surface area contributed by atoms with Gasteiger partial charge in [-0.15, -0.1) is 0 Å². The van der Waals surface area contributed by atoms with Crippen LogP contribution in [0.3, 0.4) is 0 Å². The molecule has 0 aromatic heterocycles. The van der Waals surface area contributed by atoms with Crippen molar-refractivity contribution in [2.24, 2.45) is 17.1 Å². The highest BCUT2D eigenvalue weighted by molar-refractivity contribution is 4.91. The highest BCUT2D eigenvalue weighted by Crippen LogP contribution is 2.42. The van der Waals surface area contributed by atoms with Gasteiger partial charge in [-0.05, 0) is 37.0 Å². The Balaban J connectivity index is 2.28. The molecule has 0 heterocycles. The van der Waals surface area contributed by atoms with Gasteiger partial charge in [-0.2, -0.15) is 0 Å². The lowest BCUT2D eigenvalue weighted by atomic mass is 9.68. The maximum Gasteiger partial charge on any atom is 0.0805 e. The second-order valence-electron chi connectivity index (χ2n) is 6.98. The zero-order valence-corrected chi connectivity index (χ0v) is 13.7. The second-order valence-corrected chi connectivity index (χ2v) is 6.98. The molecule has 0 saturated heterocycles. The number of hydrogen-bond donors (Lipinski definition) is 1. The van der Waals surface area contributed by atoms with E-state index in [1.165, 1.54) is 12.8 Å². The van der Waals surface area contributed by atoms with Gasteiger partial charge in [0, 0.05) is 13.7 Å². The van der Waals surface area contributed by atoms with E-state index in [-0.39, 0.29) is 5.60 Å². The van der Waals surface area contributed by atoms with Crippen LogP contribution in [0.5, 0.6) is 0 Å². The molecule has 0 radical (unpaired) electrons. The molecule has 1 fully saturated rings. The zero-order valence-electron chi connectivity index (χ0n) is 13.7.